The molecular weight excluding hydrogens is 372 g/mol. The molecular formula is C23H19ClN2O2. The Morgan fingerprint density at radius 2 is 2.14 bits per heavy atom. The first kappa shape index (κ1) is 20.8. The van der Waals surface area contributed by atoms with Crippen LogP contribution < -0.4 is 10.1 Å². The number of carbonyl (C=O) groups is 1. The molecule has 0 atom stereocenters. The minimum Gasteiger partial charge on any atom is -0.481 e. The van der Waals surface area contributed by atoms with Gasteiger partial charge in [-0.15, -0.1) is 13.0 Å². The van der Waals surface area contributed by atoms with Gasteiger partial charge in [0.1, 0.15) is 24.0 Å². The molecule has 0 saturated carbocycles. The zero-order valence-electron chi connectivity index (χ0n) is 15.5. The fraction of sp³-hybridized carbons (Fsp3) is 0.130. The molecule has 2 aromatic rings. The molecule has 0 radical (unpaired) electrons. The van der Waals surface area contributed by atoms with Crippen molar-refractivity contribution in [2.45, 2.75) is 13.3 Å². The fourth-order valence-corrected chi connectivity index (χ4v) is 2.63. The maximum absolute atomic E-state index is 12.5. The number of nitrogens with one attached hydrogen (secondary N) is 1. The maximum Gasteiger partial charge on any atom is 0.266 e. The quantitative estimate of drug-likeness (QED) is 0.315. The number of ether oxygens (including phenoxy) is 1. The average molecular weight is 391 g/mol. The molecule has 0 aliphatic carbocycles. The summed E-state index contributed by atoms with van der Waals surface area (Å²) >= 11 is 6.08. The topological polar surface area (TPSA) is 62.1 Å². The van der Waals surface area contributed by atoms with E-state index in [1.165, 1.54) is 6.08 Å². The molecule has 140 valence electrons. The van der Waals surface area contributed by atoms with Crippen LogP contribution in [0.2, 0.25) is 5.02 Å². The molecule has 0 heterocycles. The van der Waals surface area contributed by atoms with Gasteiger partial charge < -0.3 is 10.1 Å². The normalized spacial score (nSPS) is 10.5. The number of anilines is 1. The third kappa shape index (κ3) is 5.51. The van der Waals surface area contributed by atoms with Crippen LogP contribution in [0.5, 0.6) is 5.75 Å². The van der Waals surface area contributed by atoms with Gasteiger partial charge in [-0.05, 0) is 60.4 Å². The van der Waals surface area contributed by atoms with Gasteiger partial charge in [0.15, 0.2) is 0 Å². The summed E-state index contributed by atoms with van der Waals surface area (Å²) < 4.78 is 5.51. The SMILES string of the molecule is C#CCOc1ccc(/C=C(/C#N)C(=O)Nc2ccc(C)c(Cl)c2)cc1CC=C. The number of halogens is 1. The zero-order chi connectivity index (χ0) is 20.5. The highest BCUT2D eigenvalue weighted by Gasteiger charge is 2.11. The van der Waals surface area contributed by atoms with Crippen LogP contribution in [0.1, 0.15) is 16.7 Å². The summed E-state index contributed by atoms with van der Waals surface area (Å²) in [4.78, 5) is 12.5. The number of aryl methyl sites for hydroxylation is 1. The molecule has 0 aliphatic rings. The van der Waals surface area contributed by atoms with Gasteiger partial charge in [-0.25, -0.2) is 0 Å². The number of carbonyl (C=O) groups excluding carboxylic acids is 1. The zero-order valence-corrected chi connectivity index (χ0v) is 16.2. The Morgan fingerprint density at radius 3 is 2.79 bits per heavy atom. The summed E-state index contributed by atoms with van der Waals surface area (Å²) in [6, 6.07) is 12.5. The van der Waals surface area contributed by atoms with E-state index < -0.39 is 5.91 Å². The minimum atomic E-state index is -0.514. The van der Waals surface area contributed by atoms with Gasteiger partial charge in [-0.2, -0.15) is 5.26 Å². The highest BCUT2D eigenvalue weighted by Crippen LogP contribution is 2.24. The van der Waals surface area contributed by atoms with Crippen molar-refractivity contribution in [2.24, 2.45) is 0 Å². The summed E-state index contributed by atoms with van der Waals surface area (Å²) in [5.74, 6) is 2.55. The Kier molecular flexibility index (Phi) is 7.45. The first-order chi connectivity index (χ1) is 13.5. The lowest BCUT2D eigenvalue weighted by Crippen LogP contribution is -2.13. The number of hydrogen-bond acceptors (Lipinski definition) is 3. The number of benzene rings is 2. The highest BCUT2D eigenvalue weighted by molar-refractivity contribution is 6.31. The summed E-state index contributed by atoms with van der Waals surface area (Å²) in [6.45, 7) is 5.76. The largest absolute Gasteiger partial charge is 0.481 e. The Labute approximate surface area is 170 Å². The lowest BCUT2D eigenvalue weighted by Gasteiger charge is -2.10. The number of allylic oxidation sites excluding steroid dienone is 1. The second kappa shape index (κ2) is 10.0. The van der Waals surface area contributed by atoms with Crippen molar-refractivity contribution in [3.05, 3.63) is 76.3 Å². The maximum atomic E-state index is 12.5. The van der Waals surface area contributed by atoms with Gasteiger partial charge >= 0.3 is 0 Å². The first-order valence-electron chi connectivity index (χ1n) is 8.48. The number of amides is 1. The van der Waals surface area contributed by atoms with Crippen LogP contribution in [0, 0.1) is 30.6 Å². The van der Waals surface area contributed by atoms with Gasteiger partial charge in [0, 0.05) is 10.7 Å². The Hall–Kier alpha value is -3.47. The van der Waals surface area contributed by atoms with Gasteiger partial charge in [0.05, 0.1) is 0 Å². The minimum absolute atomic E-state index is 0.0291. The number of rotatable bonds is 7. The molecule has 2 rings (SSSR count). The monoisotopic (exact) mass is 390 g/mol. The van der Waals surface area contributed by atoms with E-state index in [9.17, 15) is 10.1 Å². The van der Waals surface area contributed by atoms with Crippen LogP contribution in [0.25, 0.3) is 6.08 Å². The van der Waals surface area contributed by atoms with E-state index in [1.807, 2.05) is 19.1 Å². The first-order valence-corrected chi connectivity index (χ1v) is 8.85. The van der Waals surface area contributed by atoms with Gasteiger partial charge in [0.2, 0.25) is 0 Å². The van der Waals surface area contributed by atoms with E-state index in [0.29, 0.717) is 28.4 Å². The summed E-state index contributed by atoms with van der Waals surface area (Å²) in [6.07, 6.45) is 9.06. The lowest BCUT2D eigenvalue weighted by atomic mass is 10.0. The van der Waals surface area contributed by atoms with Gasteiger partial charge in [-0.3, -0.25) is 4.79 Å². The van der Waals surface area contributed by atoms with Crippen molar-refractivity contribution in [1.29, 1.82) is 5.26 Å². The Morgan fingerprint density at radius 1 is 1.36 bits per heavy atom. The molecule has 0 unspecified atom stereocenters. The predicted octanol–water partition coefficient (Wildman–Crippen LogP) is 4.93. The summed E-state index contributed by atoms with van der Waals surface area (Å²) in [5, 5.41) is 12.6. The van der Waals surface area contributed by atoms with Crippen LogP contribution in [-0.2, 0) is 11.2 Å². The van der Waals surface area contributed by atoms with Crippen molar-refractivity contribution < 1.29 is 9.53 Å². The Bertz CT molecular complexity index is 1010. The predicted molar refractivity (Wildman–Crippen MR) is 113 cm³/mol. The smallest absolute Gasteiger partial charge is 0.266 e. The van der Waals surface area contributed by atoms with Gasteiger partial charge in [0.25, 0.3) is 5.91 Å². The van der Waals surface area contributed by atoms with E-state index in [2.05, 4.69) is 17.8 Å². The summed E-state index contributed by atoms with van der Waals surface area (Å²) in [5.41, 5.74) is 2.95. The molecule has 0 spiro atoms. The molecule has 5 heteroatoms. The molecule has 28 heavy (non-hydrogen) atoms. The van der Waals surface area contributed by atoms with E-state index in [-0.39, 0.29) is 12.2 Å². The van der Waals surface area contributed by atoms with Crippen LogP contribution in [0.4, 0.5) is 5.69 Å². The van der Waals surface area contributed by atoms with Crippen LogP contribution in [0.15, 0.2) is 54.6 Å². The molecule has 1 N–H and O–H groups in total. The van der Waals surface area contributed by atoms with Crippen LogP contribution >= 0.6 is 11.6 Å². The third-order valence-corrected chi connectivity index (χ3v) is 4.27. The Balaban J connectivity index is 2.27. The summed E-state index contributed by atoms with van der Waals surface area (Å²) in [7, 11) is 0. The van der Waals surface area contributed by atoms with Crippen molar-refractivity contribution in [3.63, 3.8) is 0 Å². The second-order valence-corrected chi connectivity index (χ2v) is 6.35. The molecule has 0 saturated heterocycles. The van der Waals surface area contributed by atoms with Gasteiger partial charge in [-0.1, -0.05) is 35.7 Å². The van der Waals surface area contributed by atoms with Crippen molar-refractivity contribution in [1.82, 2.24) is 0 Å². The number of nitriles is 1. The highest BCUT2D eigenvalue weighted by atomic mass is 35.5. The molecule has 0 fully saturated rings. The lowest BCUT2D eigenvalue weighted by molar-refractivity contribution is -0.112. The molecule has 0 aliphatic heterocycles. The number of terminal acetylenes is 1. The van der Waals surface area contributed by atoms with Crippen molar-refractivity contribution in [2.75, 3.05) is 11.9 Å². The van der Waals surface area contributed by atoms with Crippen molar-refractivity contribution >= 4 is 29.3 Å². The second-order valence-electron chi connectivity index (χ2n) is 5.94. The molecule has 4 nitrogen and oxygen atoms in total. The van der Waals surface area contributed by atoms with E-state index in [0.717, 1.165) is 11.1 Å². The average Bonchev–Trinajstić information content (AvgIpc) is 2.68. The fourth-order valence-electron chi connectivity index (χ4n) is 2.45. The molecule has 0 aromatic heterocycles. The molecule has 2 aromatic carbocycles. The third-order valence-electron chi connectivity index (χ3n) is 3.87. The van der Waals surface area contributed by atoms with Crippen molar-refractivity contribution in [3.8, 4) is 24.2 Å². The van der Waals surface area contributed by atoms with E-state index in [4.69, 9.17) is 22.8 Å². The molecule has 0 bridgehead atoms. The van der Waals surface area contributed by atoms with Crippen LogP contribution in [0.3, 0.4) is 0 Å². The molecule has 1 amide bonds. The van der Waals surface area contributed by atoms with E-state index in [1.54, 1.807) is 36.4 Å². The number of hydrogen-bond donors (Lipinski definition) is 1. The number of nitrogens with zero attached hydrogens (tertiary/aromatic N) is 1. The van der Waals surface area contributed by atoms with E-state index >= 15 is 0 Å². The van der Waals surface area contributed by atoms with Crippen LogP contribution in [-0.4, -0.2) is 12.5 Å². The standard InChI is InChI=1S/C23H19ClN2O2/c1-4-6-18-12-17(8-10-22(18)28-11-5-2)13-19(15-25)23(27)26-20-9-7-16(3)21(24)14-20/h2,4,7-10,12-14H,1,6,11H2,3H3,(H,26,27)/b19-13-.